The summed E-state index contributed by atoms with van der Waals surface area (Å²) in [6.45, 7) is 3.16. The molecule has 3 rings (SSSR count). The zero-order valence-corrected chi connectivity index (χ0v) is 11.6. The summed E-state index contributed by atoms with van der Waals surface area (Å²) >= 11 is 0. The molecule has 0 unspecified atom stereocenters. The van der Waals surface area contributed by atoms with E-state index < -0.39 is 0 Å². The molecule has 2 N–H and O–H groups in total. The summed E-state index contributed by atoms with van der Waals surface area (Å²) in [7, 11) is 0. The topological polar surface area (TPSA) is 50.1 Å². The Balaban J connectivity index is 1.65. The molecule has 0 aliphatic carbocycles. The van der Waals surface area contributed by atoms with Gasteiger partial charge in [0.25, 0.3) is 0 Å². The Labute approximate surface area is 119 Å². The number of hydrogen-bond acceptors (Lipinski definition) is 3. The quantitative estimate of drug-likeness (QED) is 0.897. The van der Waals surface area contributed by atoms with Crippen molar-refractivity contribution in [1.29, 1.82) is 0 Å². The molecule has 1 aromatic heterocycles. The van der Waals surface area contributed by atoms with Crippen LogP contribution < -0.4 is 5.32 Å². The Morgan fingerprint density at radius 3 is 2.70 bits per heavy atom. The second-order valence-corrected chi connectivity index (χ2v) is 5.45. The zero-order chi connectivity index (χ0) is 13.8. The first-order valence-electron chi connectivity index (χ1n) is 7.31. The molecule has 2 heterocycles. The number of aromatic hydroxyl groups is 1. The summed E-state index contributed by atoms with van der Waals surface area (Å²) in [6.07, 6.45) is 7.33. The molecule has 1 saturated heterocycles. The molecule has 0 atom stereocenters. The van der Waals surface area contributed by atoms with Gasteiger partial charge >= 0.3 is 0 Å². The number of aromatic nitrogens is 2. The van der Waals surface area contributed by atoms with Crippen molar-refractivity contribution in [2.45, 2.75) is 31.7 Å². The van der Waals surface area contributed by atoms with Gasteiger partial charge in [-0.2, -0.15) is 0 Å². The Hall–Kier alpha value is -1.81. The van der Waals surface area contributed by atoms with Gasteiger partial charge in [0.2, 0.25) is 0 Å². The molecule has 1 aliphatic rings. The lowest BCUT2D eigenvalue weighted by molar-refractivity contribution is 0.438. The number of aryl methyl sites for hydroxylation is 2. The normalized spacial score (nSPS) is 16.4. The van der Waals surface area contributed by atoms with E-state index >= 15 is 0 Å². The molecule has 1 fully saturated rings. The maximum absolute atomic E-state index is 9.30. The molecule has 106 valence electrons. The average Bonchev–Trinajstić information content (AvgIpc) is 2.96. The van der Waals surface area contributed by atoms with E-state index in [9.17, 15) is 5.11 Å². The summed E-state index contributed by atoms with van der Waals surface area (Å²) in [6, 6.07) is 7.46. The largest absolute Gasteiger partial charge is 0.508 e. The number of benzene rings is 1. The van der Waals surface area contributed by atoms with Crippen molar-refractivity contribution in [1.82, 2.24) is 14.9 Å². The first kappa shape index (κ1) is 13.2. The smallest absolute Gasteiger partial charge is 0.115 e. The van der Waals surface area contributed by atoms with E-state index in [1.54, 1.807) is 12.1 Å². The third-order valence-corrected chi connectivity index (χ3v) is 4.08. The fourth-order valence-corrected chi connectivity index (χ4v) is 2.89. The highest BCUT2D eigenvalue weighted by molar-refractivity contribution is 5.26. The van der Waals surface area contributed by atoms with Crippen molar-refractivity contribution < 1.29 is 5.11 Å². The van der Waals surface area contributed by atoms with Crippen LogP contribution >= 0.6 is 0 Å². The van der Waals surface area contributed by atoms with Crippen LogP contribution in [0.15, 0.2) is 36.8 Å². The van der Waals surface area contributed by atoms with Crippen molar-refractivity contribution in [2.75, 3.05) is 13.1 Å². The first-order valence-corrected chi connectivity index (χ1v) is 7.31. The number of piperidine rings is 1. The molecule has 2 aromatic rings. The predicted octanol–water partition coefficient (Wildman–Crippen LogP) is 2.30. The van der Waals surface area contributed by atoms with Crippen LogP contribution in [0.5, 0.6) is 5.75 Å². The van der Waals surface area contributed by atoms with Crippen LogP contribution in [-0.2, 0) is 13.0 Å². The molecule has 0 bridgehead atoms. The Bertz CT molecular complexity index is 541. The van der Waals surface area contributed by atoms with Gasteiger partial charge in [0.05, 0.1) is 6.33 Å². The van der Waals surface area contributed by atoms with E-state index in [4.69, 9.17) is 0 Å². The maximum atomic E-state index is 9.30. The lowest BCUT2D eigenvalue weighted by Crippen LogP contribution is -2.27. The average molecular weight is 271 g/mol. The van der Waals surface area contributed by atoms with Crippen LogP contribution in [0, 0.1) is 0 Å². The molecule has 0 radical (unpaired) electrons. The highest BCUT2D eigenvalue weighted by atomic mass is 16.3. The van der Waals surface area contributed by atoms with Gasteiger partial charge in [0.15, 0.2) is 0 Å². The van der Waals surface area contributed by atoms with Gasteiger partial charge < -0.3 is 15.0 Å². The van der Waals surface area contributed by atoms with E-state index in [0.29, 0.717) is 11.7 Å². The van der Waals surface area contributed by atoms with Gasteiger partial charge in [-0.3, -0.25) is 0 Å². The number of imidazole rings is 1. The number of phenols is 1. The zero-order valence-electron chi connectivity index (χ0n) is 11.6. The highest BCUT2D eigenvalue weighted by Crippen LogP contribution is 2.25. The number of nitrogens with zero attached hydrogens (tertiary/aromatic N) is 2. The lowest BCUT2D eigenvalue weighted by Gasteiger charge is -2.23. The van der Waals surface area contributed by atoms with Crippen LogP contribution in [0.1, 0.15) is 30.0 Å². The molecule has 1 aliphatic heterocycles. The molecular formula is C16H21N3O. The third-order valence-electron chi connectivity index (χ3n) is 4.08. The molecule has 4 heteroatoms. The molecule has 0 amide bonds. The minimum atomic E-state index is 0.326. The van der Waals surface area contributed by atoms with Crippen LogP contribution in [0.25, 0.3) is 0 Å². The van der Waals surface area contributed by atoms with Gasteiger partial charge in [0.1, 0.15) is 5.75 Å². The van der Waals surface area contributed by atoms with E-state index in [2.05, 4.69) is 14.9 Å². The lowest BCUT2D eigenvalue weighted by atomic mass is 9.95. The molecular weight excluding hydrogens is 250 g/mol. The minimum Gasteiger partial charge on any atom is -0.508 e. The Morgan fingerprint density at radius 2 is 1.95 bits per heavy atom. The summed E-state index contributed by atoms with van der Waals surface area (Å²) in [4.78, 5) is 4.33. The standard InChI is InChI=1S/C16H21N3O/c20-15-3-1-13(2-4-15)7-10-19-12-18-11-16(19)14-5-8-17-9-6-14/h1-4,11-12,14,17,20H,5-10H2. The van der Waals surface area contributed by atoms with Gasteiger partial charge in [-0.25, -0.2) is 4.98 Å². The van der Waals surface area contributed by atoms with Crippen molar-refractivity contribution in [2.24, 2.45) is 0 Å². The Kier molecular flexibility index (Phi) is 4.02. The Morgan fingerprint density at radius 1 is 1.20 bits per heavy atom. The van der Waals surface area contributed by atoms with E-state index in [-0.39, 0.29) is 0 Å². The predicted molar refractivity (Wildman–Crippen MR) is 78.9 cm³/mol. The van der Waals surface area contributed by atoms with Crippen molar-refractivity contribution in [3.63, 3.8) is 0 Å². The number of nitrogens with one attached hydrogen (secondary N) is 1. The van der Waals surface area contributed by atoms with E-state index in [1.807, 2.05) is 24.7 Å². The van der Waals surface area contributed by atoms with E-state index in [0.717, 1.165) is 26.1 Å². The van der Waals surface area contributed by atoms with Crippen molar-refractivity contribution >= 4 is 0 Å². The third kappa shape index (κ3) is 3.02. The fourth-order valence-electron chi connectivity index (χ4n) is 2.89. The minimum absolute atomic E-state index is 0.326. The monoisotopic (exact) mass is 271 g/mol. The van der Waals surface area contributed by atoms with E-state index in [1.165, 1.54) is 24.1 Å². The number of phenolic OH excluding ortho intramolecular Hbond substituents is 1. The van der Waals surface area contributed by atoms with Gasteiger partial charge in [-0.1, -0.05) is 12.1 Å². The van der Waals surface area contributed by atoms with Crippen molar-refractivity contribution in [3.8, 4) is 5.75 Å². The van der Waals surface area contributed by atoms with Crippen LogP contribution in [0.3, 0.4) is 0 Å². The maximum Gasteiger partial charge on any atom is 0.115 e. The van der Waals surface area contributed by atoms with Crippen molar-refractivity contribution in [3.05, 3.63) is 48.0 Å². The molecule has 0 spiro atoms. The van der Waals surface area contributed by atoms with Gasteiger partial charge in [0, 0.05) is 24.4 Å². The summed E-state index contributed by atoms with van der Waals surface area (Å²) in [5.74, 6) is 0.963. The SMILES string of the molecule is Oc1ccc(CCn2cncc2C2CCNCC2)cc1. The van der Waals surface area contributed by atoms with Crippen LogP contribution in [0.4, 0.5) is 0 Å². The van der Waals surface area contributed by atoms with Crippen LogP contribution in [0.2, 0.25) is 0 Å². The second kappa shape index (κ2) is 6.09. The van der Waals surface area contributed by atoms with Crippen LogP contribution in [-0.4, -0.2) is 27.7 Å². The molecule has 20 heavy (non-hydrogen) atoms. The summed E-state index contributed by atoms with van der Waals surface area (Å²) < 4.78 is 2.28. The van der Waals surface area contributed by atoms with Gasteiger partial charge in [-0.05, 0) is 50.0 Å². The molecule has 0 saturated carbocycles. The second-order valence-electron chi connectivity index (χ2n) is 5.45. The number of rotatable bonds is 4. The molecule has 1 aromatic carbocycles. The number of hydrogen-bond donors (Lipinski definition) is 2. The summed E-state index contributed by atoms with van der Waals surface area (Å²) in [5.41, 5.74) is 2.61. The first-order chi connectivity index (χ1) is 9.83. The highest BCUT2D eigenvalue weighted by Gasteiger charge is 2.18. The van der Waals surface area contributed by atoms with Gasteiger partial charge in [-0.15, -0.1) is 0 Å². The fraction of sp³-hybridized carbons (Fsp3) is 0.438. The summed E-state index contributed by atoms with van der Waals surface area (Å²) in [5, 5.41) is 12.7. The molecule has 4 nitrogen and oxygen atoms in total.